The highest BCUT2D eigenvalue weighted by Crippen LogP contribution is 2.19. The van der Waals surface area contributed by atoms with Crippen LogP contribution in [-0.2, 0) is 19.4 Å². The molecule has 2 aromatic rings. The molecule has 2 heterocycles. The van der Waals surface area contributed by atoms with Crippen LogP contribution in [-0.4, -0.2) is 23.9 Å². The van der Waals surface area contributed by atoms with E-state index in [0.717, 1.165) is 31.5 Å². The van der Waals surface area contributed by atoms with Crippen molar-refractivity contribution in [3.63, 3.8) is 0 Å². The quantitative estimate of drug-likeness (QED) is 0.509. The molecule has 1 aliphatic rings. The zero-order valence-electron chi connectivity index (χ0n) is 11.8. The number of amides is 1. The van der Waals surface area contributed by atoms with Gasteiger partial charge >= 0.3 is 5.91 Å². The smallest absolute Gasteiger partial charge is 0.301 e. The van der Waals surface area contributed by atoms with Crippen LogP contribution in [0.3, 0.4) is 0 Å². The lowest BCUT2D eigenvalue weighted by molar-refractivity contribution is 0.0923. The lowest BCUT2D eigenvalue weighted by atomic mass is 10.0. The Morgan fingerprint density at radius 1 is 1.19 bits per heavy atom. The Balaban J connectivity index is 1.70. The second-order valence-corrected chi connectivity index (χ2v) is 5.29. The van der Waals surface area contributed by atoms with Gasteiger partial charge in [0.2, 0.25) is 0 Å². The summed E-state index contributed by atoms with van der Waals surface area (Å²) in [7, 11) is 0. The van der Waals surface area contributed by atoms with Crippen molar-refractivity contribution in [2.24, 2.45) is 5.84 Å². The molecule has 3 rings (SSSR count). The minimum Gasteiger partial charge on any atom is -0.459 e. The monoisotopic (exact) mass is 285 g/mol. The number of hydrazine groups is 1. The molecule has 0 saturated heterocycles. The number of nitrogen functional groups attached to an aromatic ring is 1. The van der Waals surface area contributed by atoms with Gasteiger partial charge in [0.05, 0.1) is 6.26 Å². The predicted molar refractivity (Wildman–Crippen MR) is 79.5 cm³/mol. The number of hydrogen-bond acceptors (Lipinski definition) is 4. The van der Waals surface area contributed by atoms with Crippen LogP contribution < -0.4 is 11.3 Å². The molecule has 0 atom stereocenters. The van der Waals surface area contributed by atoms with Gasteiger partial charge in [0.1, 0.15) is 0 Å². The first-order valence-corrected chi connectivity index (χ1v) is 7.14. The molecule has 5 heteroatoms. The molecular formula is C16H19N3O2. The van der Waals surface area contributed by atoms with Gasteiger partial charge in [-0.05, 0) is 30.0 Å². The molecule has 21 heavy (non-hydrogen) atoms. The van der Waals surface area contributed by atoms with Crippen molar-refractivity contribution in [2.45, 2.75) is 19.4 Å². The number of nitrogens with two attached hydrogens (primary N) is 1. The van der Waals surface area contributed by atoms with E-state index in [-0.39, 0.29) is 5.91 Å². The van der Waals surface area contributed by atoms with E-state index in [9.17, 15) is 4.79 Å². The van der Waals surface area contributed by atoms with Crippen LogP contribution in [0.5, 0.6) is 0 Å². The third-order valence-electron chi connectivity index (χ3n) is 3.99. The molecule has 0 radical (unpaired) electrons. The third-order valence-corrected chi connectivity index (χ3v) is 3.99. The molecule has 1 aliphatic heterocycles. The molecule has 0 bridgehead atoms. The van der Waals surface area contributed by atoms with Crippen LogP contribution in [0.4, 0.5) is 0 Å². The maximum absolute atomic E-state index is 11.6. The van der Waals surface area contributed by atoms with Crippen molar-refractivity contribution in [3.05, 3.63) is 59.0 Å². The molecule has 0 spiro atoms. The first-order valence-electron chi connectivity index (χ1n) is 7.14. The number of furan rings is 1. The van der Waals surface area contributed by atoms with Crippen molar-refractivity contribution in [1.29, 1.82) is 0 Å². The molecule has 3 N–H and O–H groups in total. The maximum Gasteiger partial charge on any atom is 0.301 e. The largest absolute Gasteiger partial charge is 0.459 e. The first-order chi connectivity index (χ1) is 10.3. The lowest BCUT2D eigenvalue weighted by Gasteiger charge is -2.19. The fraction of sp³-hybridized carbons (Fsp3) is 0.312. The molecule has 5 nitrogen and oxygen atoms in total. The van der Waals surface area contributed by atoms with E-state index in [2.05, 4.69) is 34.6 Å². The number of nitrogens with zero attached hydrogens (tertiary/aromatic N) is 1. The standard InChI is InChI=1S/C16H19N3O2/c17-18-16(20)15-14(7-10-21-15)11-19-8-5-12-3-1-2-4-13(12)6-9-19/h1-4,7,10H,5-6,8-9,11,17H2,(H,18,20). The Morgan fingerprint density at radius 3 is 2.48 bits per heavy atom. The number of nitrogens with one attached hydrogen (secondary N) is 1. The SMILES string of the molecule is NNC(=O)c1occc1CN1CCc2ccccc2CC1. The summed E-state index contributed by atoms with van der Waals surface area (Å²) in [5.41, 5.74) is 5.85. The topological polar surface area (TPSA) is 71.5 Å². The van der Waals surface area contributed by atoms with Gasteiger partial charge in [-0.1, -0.05) is 24.3 Å². The Bertz CT molecular complexity index is 609. The van der Waals surface area contributed by atoms with E-state index in [1.807, 2.05) is 6.07 Å². The van der Waals surface area contributed by atoms with Crippen molar-refractivity contribution in [2.75, 3.05) is 13.1 Å². The van der Waals surface area contributed by atoms with Crippen molar-refractivity contribution in [3.8, 4) is 0 Å². The Kier molecular flexibility index (Phi) is 4.03. The first kappa shape index (κ1) is 13.9. The van der Waals surface area contributed by atoms with Gasteiger partial charge in [0.25, 0.3) is 0 Å². The molecule has 1 amide bonds. The Hall–Kier alpha value is -2.11. The van der Waals surface area contributed by atoms with Crippen LogP contribution >= 0.6 is 0 Å². The van der Waals surface area contributed by atoms with E-state index in [4.69, 9.17) is 10.3 Å². The third kappa shape index (κ3) is 2.99. The Morgan fingerprint density at radius 2 is 1.86 bits per heavy atom. The minimum absolute atomic E-state index is 0.305. The molecule has 0 fully saturated rings. The Labute approximate surface area is 123 Å². The number of benzene rings is 1. The zero-order chi connectivity index (χ0) is 14.7. The van der Waals surface area contributed by atoms with Gasteiger partial charge in [-0.2, -0.15) is 0 Å². The van der Waals surface area contributed by atoms with Gasteiger partial charge in [0.15, 0.2) is 5.76 Å². The fourth-order valence-electron chi connectivity index (χ4n) is 2.84. The van der Waals surface area contributed by atoms with Crippen LogP contribution in [0.15, 0.2) is 41.0 Å². The van der Waals surface area contributed by atoms with E-state index in [1.54, 1.807) is 0 Å². The number of hydrogen-bond donors (Lipinski definition) is 2. The highest BCUT2D eigenvalue weighted by atomic mass is 16.3. The summed E-state index contributed by atoms with van der Waals surface area (Å²) in [6, 6.07) is 10.4. The lowest BCUT2D eigenvalue weighted by Crippen LogP contribution is -2.32. The molecule has 0 unspecified atom stereocenters. The van der Waals surface area contributed by atoms with Gasteiger partial charge in [0, 0.05) is 25.2 Å². The van der Waals surface area contributed by atoms with Crippen LogP contribution in [0.1, 0.15) is 27.2 Å². The van der Waals surface area contributed by atoms with Crippen molar-refractivity contribution in [1.82, 2.24) is 10.3 Å². The number of carbonyl (C=O) groups is 1. The molecular weight excluding hydrogens is 266 g/mol. The van der Waals surface area contributed by atoms with E-state index < -0.39 is 0 Å². The highest BCUT2D eigenvalue weighted by Gasteiger charge is 2.19. The maximum atomic E-state index is 11.6. The normalized spacial score (nSPS) is 15.3. The zero-order valence-corrected chi connectivity index (χ0v) is 11.8. The van der Waals surface area contributed by atoms with Crippen molar-refractivity contribution < 1.29 is 9.21 Å². The van der Waals surface area contributed by atoms with Crippen LogP contribution in [0.25, 0.3) is 0 Å². The summed E-state index contributed by atoms with van der Waals surface area (Å²) in [6.07, 6.45) is 3.60. The number of fused-ring (bicyclic) bond motifs is 1. The molecule has 1 aromatic heterocycles. The van der Waals surface area contributed by atoms with Gasteiger partial charge < -0.3 is 4.42 Å². The summed E-state index contributed by atoms with van der Waals surface area (Å²) in [5.74, 6) is 5.10. The van der Waals surface area contributed by atoms with Crippen molar-refractivity contribution >= 4 is 5.91 Å². The van der Waals surface area contributed by atoms with E-state index >= 15 is 0 Å². The summed E-state index contributed by atoms with van der Waals surface area (Å²) in [4.78, 5) is 14.0. The molecule has 0 aliphatic carbocycles. The second-order valence-electron chi connectivity index (χ2n) is 5.29. The minimum atomic E-state index is -0.381. The fourth-order valence-corrected chi connectivity index (χ4v) is 2.84. The van der Waals surface area contributed by atoms with Gasteiger partial charge in [-0.3, -0.25) is 15.1 Å². The van der Waals surface area contributed by atoms with E-state index in [0.29, 0.717) is 12.3 Å². The summed E-state index contributed by atoms with van der Waals surface area (Å²) >= 11 is 0. The number of carbonyl (C=O) groups excluding carboxylic acids is 1. The summed E-state index contributed by atoms with van der Waals surface area (Å²) in [5, 5.41) is 0. The second kappa shape index (κ2) is 6.11. The van der Waals surface area contributed by atoms with E-state index in [1.165, 1.54) is 17.4 Å². The molecule has 1 aromatic carbocycles. The van der Waals surface area contributed by atoms with Gasteiger partial charge in [-0.25, -0.2) is 5.84 Å². The average molecular weight is 285 g/mol. The summed E-state index contributed by atoms with van der Waals surface area (Å²) in [6.45, 7) is 2.66. The highest BCUT2D eigenvalue weighted by molar-refractivity contribution is 5.92. The molecule has 0 saturated carbocycles. The predicted octanol–water partition coefficient (Wildman–Crippen LogP) is 1.48. The van der Waals surface area contributed by atoms with Crippen LogP contribution in [0, 0.1) is 0 Å². The van der Waals surface area contributed by atoms with Crippen LogP contribution in [0.2, 0.25) is 0 Å². The summed E-state index contributed by atoms with van der Waals surface area (Å²) < 4.78 is 5.23. The average Bonchev–Trinajstić information content (AvgIpc) is 2.88. The van der Waals surface area contributed by atoms with Gasteiger partial charge in [-0.15, -0.1) is 0 Å². The molecule has 110 valence electrons. The number of rotatable bonds is 3.